The van der Waals surface area contributed by atoms with Crippen molar-refractivity contribution >= 4 is 50.7 Å². The van der Waals surface area contributed by atoms with Crippen molar-refractivity contribution in [1.82, 2.24) is 10.2 Å². The predicted octanol–water partition coefficient (Wildman–Crippen LogP) is 5.06. The highest BCUT2D eigenvalue weighted by Gasteiger charge is 2.33. The van der Waals surface area contributed by atoms with Crippen LogP contribution in [0, 0.1) is 5.82 Å². The summed E-state index contributed by atoms with van der Waals surface area (Å²) in [5.74, 6) is -1.72. The minimum absolute atomic E-state index is 0.00177. The van der Waals surface area contributed by atoms with Gasteiger partial charge in [-0.05, 0) is 47.9 Å². The lowest BCUT2D eigenvalue weighted by Crippen LogP contribution is -2.53. The summed E-state index contributed by atoms with van der Waals surface area (Å²) in [5, 5.41) is 3.03. The van der Waals surface area contributed by atoms with Gasteiger partial charge in [-0.3, -0.25) is 13.9 Å². The first-order chi connectivity index (χ1) is 18.5. The van der Waals surface area contributed by atoms with E-state index >= 15 is 0 Å². The number of rotatable bonds is 12. The SMILES string of the molecule is CCCNC(=O)[C@H](Cc1ccccc1)N(Cc1cccc(Cl)c1)C(=O)CN(c1ccc(F)c(Cl)c1)S(C)(=O)=O. The Morgan fingerprint density at radius 1 is 0.974 bits per heavy atom. The fraction of sp³-hybridized carbons (Fsp3) is 0.286. The summed E-state index contributed by atoms with van der Waals surface area (Å²) < 4.78 is 40.1. The number of carbonyl (C=O) groups excluding carboxylic acids is 2. The molecule has 0 fully saturated rings. The molecule has 0 bridgehead atoms. The van der Waals surface area contributed by atoms with Crippen molar-refractivity contribution < 1.29 is 22.4 Å². The maximum Gasteiger partial charge on any atom is 0.244 e. The zero-order valence-electron chi connectivity index (χ0n) is 21.6. The van der Waals surface area contributed by atoms with Gasteiger partial charge in [-0.15, -0.1) is 0 Å². The van der Waals surface area contributed by atoms with Crippen LogP contribution in [-0.2, 0) is 32.6 Å². The molecule has 0 aliphatic heterocycles. The van der Waals surface area contributed by atoms with Gasteiger partial charge in [0, 0.05) is 24.5 Å². The number of nitrogens with zero attached hydrogens (tertiary/aromatic N) is 2. The molecule has 0 aliphatic carbocycles. The first-order valence-electron chi connectivity index (χ1n) is 12.3. The summed E-state index contributed by atoms with van der Waals surface area (Å²) in [6.45, 7) is 1.69. The molecule has 0 unspecified atom stereocenters. The lowest BCUT2D eigenvalue weighted by molar-refractivity contribution is -0.140. The summed E-state index contributed by atoms with van der Waals surface area (Å²) >= 11 is 12.1. The Balaban J connectivity index is 2.05. The monoisotopic (exact) mass is 593 g/mol. The third-order valence-corrected chi connectivity index (χ3v) is 7.60. The molecule has 3 rings (SSSR count). The molecule has 1 atom stereocenters. The Morgan fingerprint density at radius 2 is 1.67 bits per heavy atom. The molecule has 2 amide bonds. The molecule has 0 radical (unpaired) electrons. The van der Waals surface area contributed by atoms with E-state index in [1.54, 1.807) is 24.3 Å². The van der Waals surface area contributed by atoms with Gasteiger partial charge in [0.15, 0.2) is 0 Å². The van der Waals surface area contributed by atoms with Crippen LogP contribution in [0.2, 0.25) is 10.0 Å². The van der Waals surface area contributed by atoms with Crippen molar-refractivity contribution in [3.63, 3.8) is 0 Å². The first kappa shape index (κ1) is 30.4. The van der Waals surface area contributed by atoms with E-state index in [1.165, 1.54) is 11.0 Å². The van der Waals surface area contributed by atoms with Gasteiger partial charge in [-0.25, -0.2) is 12.8 Å². The summed E-state index contributed by atoms with van der Waals surface area (Å²) in [6, 6.07) is 18.5. The smallest absolute Gasteiger partial charge is 0.244 e. The van der Waals surface area contributed by atoms with Crippen LogP contribution in [0.1, 0.15) is 24.5 Å². The number of halogens is 3. The number of amides is 2. The van der Waals surface area contributed by atoms with Crippen LogP contribution in [0.4, 0.5) is 10.1 Å². The van der Waals surface area contributed by atoms with Crippen molar-refractivity contribution in [3.05, 3.63) is 99.8 Å². The topological polar surface area (TPSA) is 86.8 Å². The number of benzene rings is 3. The molecule has 7 nitrogen and oxygen atoms in total. The molecule has 0 aromatic heterocycles. The minimum atomic E-state index is -3.99. The first-order valence-corrected chi connectivity index (χ1v) is 14.9. The second-order valence-corrected chi connectivity index (χ2v) is 11.8. The van der Waals surface area contributed by atoms with Gasteiger partial charge in [-0.2, -0.15) is 0 Å². The highest BCUT2D eigenvalue weighted by Crippen LogP contribution is 2.25. The van der Waals surface area contributed by atoms with Gasteiger partial charge in [0.2, 0.25) is 21.8 Å². The Morgan fingerprint density at radius 3 is 2.28 bits per heavy atom. The Labute approximate surface area is 238 Å². The molecule has 0 heterocycles. The van der Waals surface area contributed by atoms with Gasteiger partial charge < -0.3 is 10.2 Å². The highest BCUT2D eigenvalue weighted by molar-refractivity contribution is 7.92. The van der Waals surface area contributed by atoms with Crippen molar-refractivity contribution in [1.29, 1.82) is 0 Å². The maximum atomic E-state index is 13.9. The van der Waals surface area contributed by atoms with E-state index in [1.807, 2.05) is 37.3 Å². The van der Waals surface area contributed by atoms with Crippen LogP contribution >= 0.6 is 23.2 Å². The van der Waals surface area contributed by atoms with E-state index in [4.69, 9.17) is 23.2 Å². The third-order valence-electron chi connectivity index (χ3n) is 5.93. The molecular formula is C28H30Cl2FN3O4S. The highest BCUT2D eigenvalue weighted by atomic mass is 35.5. The summed E-state index contributed by atoms with van der Waals surface area (Å²) in [5.41, 5.74) is 1.51. The predicted molar refractivity (Wildman–Crippen MR) is 153 cm³/mol. The van der Waals surface area contributed by atoms with Gasteiger partial charge in [0.05, 0.1) is 17.0 Å². The molecule has 3 aromatic rings. The number of hydrogen-bond acceptors (Lipinski definition) is 4. The average Bonchev–Trinajstić information content (AvgIpc) is 2.89. The zero-order valence-corrected chi connectivity index (χ0v) is 23.9. The number of sulfonamides is 1. The lowest BCUT2D eigenvalue weighted by Gasteiger charge is -2.33. The molecular weight excluding hydrogens is 564 g/mol. The number of nitrogens with one attached hydrogen (secondary N) is 1. The van der Waals surface area contributed by atoms with Crippen molar-refractivity contribution in [2.45, 2.75) is 32.4 Å². The average molecular weight is 595 g/mol. The normalized spacial score (nSPS) is 12.0. The van der Waals surface area contributed by atoms with Gasteiger partial charge in [-0.1, -0.05) is 72.6 Å². The summed E-state index contributed by atoms with van der Waals surface area (Å²) in [7, 11) is -3.99. The second kappa shape index (κ2) is 13.8. The number of anilines is 1. The van der Waals surface area contributed by atoms with E-state index in [2.05, 4.69) is 5.32 Å². The van der Waals surface area contributed by atoms with Crippen LogP contribution in [0.15, 0.2) is 72.8 Å². The van der Waals surface area contributed by atoms with Crippen LogP contribution in [0.3, 0.4) is 0 Å². The van der Waals surface area contributed by atoms with Crippen molar-refractivity contribution in [3.8, 4) is 0 Å². The minimum Gasteiger partial charge on any atom is -0.354 e. The second-order valence-electron chi connectivity index (χ2n) is 9.02. The zero-order chi connectivity index (χ0) is 28.6. The molecule has 0 saturated carbocycles. The summed E-state index contributed by atoms with van der Waals surface area (Å²) in [4.78, 5) is 28.7. The molecule has 11 heteroatoms. The van der Waals surface area contributed by atoms with Gasteiger partial charge in [0.1, 0.15) is 18.4 Å². The van der Waals surface area contributed by atoms with Gasteiger partial charge in [0.25, 0.3) is 0 Å². The maximum absolute atomic E-state index is 13.9. The molecule has 0 saturated heterocycles. The van der Waals surface area contributed by atoms with E-state index in [0.717, 1.165) is 28.3 Å². The van der Waals surface area contributed by atoms with Crippen LogP contribution < -0.4 is 9.62 Å². The van der Waals surface area contributed by atoms with E-state index in [-0.39, 0.29) is 29.6 Å². The number of hydrogen-bond donors (Lipinski definition) is 1. The lowest BCUT2D eigenvalue weighted by atomic mass is 10.0. The fourth-order valence-corrected chi connectivity index (χ4v) is 5.23. The van der Waals surface area contributed by atoms with Gasteiger partial charge >= 0.3 is 0 Å². The van der Waals surface area contributed by atoms with Crippen LogP contribution in [-0.4, -0.2) is 50.5 Å². The fourth-order valence-electron chi connectivity index (χ4n) is 4.01. The Bertz CT molecular complexity index is 1410. The number of carbonyl (C=O) groups is 2. The largest absolute Gasteiger partial charge is 0.354 e. The third kappa shape index (κ3) is 8.68. The van der Waals surface area contributed by atoms with Crippen molar-refractivity contribution in [2.24, 2.45) is 0 Å². The molecule has 0 aliphatic rings. The van der Waals surface area contributed by atoms with Crippen LogP contribution in [0.25, 0.3) is 0 Å². The van der Waals surface area contributed by atoms with Crippen LogP contribution in [0.5, 0.6) is 0 Å². The Hall–Kier alpha value is -3.14. The standard InChI is InChI=1S/C28H30Cl2FN3O4S/c1-3-14-32-28(36)26(16-20-8-5-4-6-9-20)33(18-21-10-7-11-22(29)15-21)27(35)19-34(39(2,37)38)23-12-13-25(31)24(30)17-23/h4-13,15,17,26H,3,14,16,18-19H2,1-2H3,(H,32,36)/t26-/m0/s1. The summed E-state index contributed by atoms with van der Waals surface area (Å²) in [6.07, 6.45) is 1.83. The molecule has 39 heavy (non-hydrogen) atoms. The molecule has 0 spiro atoms. The molecule has 208 valence electrons. The molecule has 1 N–H and O–H groups in total. The van der Waals surface area contributed by atoms with E-state index < -0.39 is 34.3 Å². The van der Waals surface area contributed by atoms with E-state index in [0.29, 0.717) is 23.6 Å². The molecule has 3 aromatic carbocycles. The quantitative estimate of drug-likeness (QED) is 0.318. The van der Waals surface area contributed by atoms with E-state index in [9.17, 15) is 22.4 Å². The van der Waals surface area contributed by atoms with Crippen molar-refractivity contribution in [2.75, 3.05) is 23.7 Å². The Kier molecular flexibility index (Phi) is 10.7.